The van der Waals surface area contributed by atoms with Crippen molar-refractivity contribution >= 4 is 5.91 Å². The average Bonchev–Trinajstić information content (AvgIpc) is 2.64. The number of fused-ring (bicyclic) bond motifs is 1. The first-order valence-corrected chi connectivity index (χ1v) is 8.73. The Balaban J connectivity index is 1.55. The van der Waals surface area contributed by atoms with Crippen LogP contribution >= 0.6 is 0 Å². The Labute approximate surface area is 153 Å². The van der Waals surface area contributed by atoms with Gasteiger partial charge in [-0.3, -0.25) is 4.79 Å². The fourth-order valence-electron chi connectivity index (χ4n) is 3.11. The van der Waals surface area contributed by atoms with E-state index in [1.807, 2.05) is 44.2 Å². The van der Waals surface area contributed by atoms with Crippen LogP contribution < -0.4 is 14.8 Å². The van der Waals surface area contributed by atoms with E-state index in [1.54, 1.807) is 4.90 Å². The molecule has 2 aliphatic heterocycles. The molecular weight excluding hydrogens is 334 g/mol. The zero-order valence-electron chi connectivity index (χ0n) is 15.0. The minimum absolute atomic E-state index is 0.0385. The molecule has 2 heterocycles. The maximum Gasteiger partial charge on any atom is 0.266 e. The van der Waals surface area contributed by atoms with Gasteiger partial charge in [-0.15, -0.1) is 0 Å². The van der Waals surface area contributed by atoms with Gasteiger partial charge in [-0.25, -0.2) is 0 Å². The van der Waals surface area contributed by atoms with Crippen LogP contribution in [0, 0.1) is 11.3 Å². The van der Waals surface area contributed by atoms with Crippen LogP contribution in [0.5, 0.6) is 11.5 Å². The molecule has 1 aromatic rings. The molecule has 1 amide bonds. The van der Waals surface area contributed by atoms with Crippen LogP contribution in [0.4, 0.5) is 0 Å². The van der Waals surface area contributed by atoms with E-state index in [2.05, 4.69) is 5.32 Å². The summed E-state index contributed by atoms with van der Waals surface area (Å²) in [5, 5.41) is 12.3. The fraction of sp³-hybridized carbons (Fsp3) is 0.474. The Morgan fingerprint density at radius 2 is 2.00 bits per heavy atom. The maximum absolute atomic E-state index is 12.5. The van der Waals surface area contributed by atoms with Gasteiger partial charge in [0.1, 0.15) is 24.4 Å². The van der Waals surface area contributed by atoms with E-state index in [0.717, 1.165) is 5.75 Å². The number of amides is 1. The lowest BCUT2D eigenvalue weighted by Crippen LogP contribution is -2.48. The average molecular weight is 357 g/mol. The predicted octanol–water partition coefficient (Wildman–Crippen LogP) is 1.46. The van der Waals surface area contributed by atoms with Crippen molar-refractivity contribution in [2.45, 2.75) is 32.2 Å². The van der Waals surface area contributed by atoms with Crippen LogP contribution in [-0.4, -0.2) is 55.4 Å². The van der Waals surface area contributed by atoms with Crippen LogP contribution in [0.2, 0.25) is 0 Å². The number of nitrogens with one attached hydrogen (secondary N) is 1. The van der Waals surface area contributed by atoms with Gasteiger partial charge in [0.25, 0.3) is 5.91 Å². The van der Waals surface area contributed by atoms with Crippen molar-refractivity contribution in [3.8, 4) is 17.6 Å². The molecule has 138 valence electrons. The summed E-state index contributed by atoms with van der Waals surface area (Å²) < 4.78 is 17.1. The molecule has 0 saturated carbocycles. The minimum Gasteiger partial charge on any atom is -0.486 e. The Morgan fingerprint density at radius 3 is 2.69 bits per heavy atom. The van der Waals surface area contributed by atoms with Gasteiger partial charge >= 0.3 is 0 Å². The van der Waals surface area contributed by atoms with Gasteiger partial charge in [0.05, 0.1) is 18.8 Å². The van der Waals surface area contributed by atoms with Crippen molar-refractivity contribution in [1.29, 1.82) is 5.26 Å². The maximum atomic E-state index is 12.5. The molecule has 3 unspecified atom stereocenters. The third kappa shape index (κ3) is 4.27. The highest BCUT2D eigenvalue weighted by Gasteiger charge is 2.28. The quantitative estimate of drug-likeness (QED) is 0.649. The topological polar surface area (TPSA) is 83.8 Å². The molecule has 3 rings (SSSR count). The van der Waals surface area contributed by atoms with Crippen molar-refractivity contribution < 1.29 is 19.0 Å². The highest BCUT2D eigenvalue weighted by atomic mass is 16.6. The number of nitrogens with zero attached hydrogens (tertiary/aromatic N) is 2. The molecule has 0 aliphatic carbocycles. The molecular formula is C19H23N3O4. The molecule has 1 N–H and O–H groups in total. The Kier molecular flexibility index (Phi) is 5.64. The highest BCUT2D eigenvalue weighted by Crippen LogP contribution is 2.30. The summed E-state index contributed by atoms with van der Waals surface area (Å²) in [5.41, 5.74) is 0.0726. The lowest BCUT2D eigenvalue weighted by atomic mass is 10.2. The van der Waals surface area contributed by atoms with Gasteiger partial charge in [0.2, 0.25) is 0 Å². The fourth-order valence-corrected chi connectivity index (χ4v) is 3.11. The molecule has 2 aliphatic rings. The summed E-state index contributed by atoms with van der Waals surface area (Å²) in [6.07, 6.45) is 1.18. The molecule has 1 aromatic carbocycles. The zero-order chi connectivity index (χ0) is 18.5. The van der Waals surface area contributed by atoms with Gasteiger partial charge in [-0.2, -0.15) is 5.26 Å². The van der Waals surface area contributed by atoms with Crippen LogP contribution in [0.1, 0.15) is 13.8 Å². The molecule has 0 radical (unpaired) electrons. The van der Waals surface area contributed by atoms with Crippen LogP contribution in [0.3, 0.4) is 0 Å². The van der Waals surface area contributed by atoms with Crippen molar-refractivity contribution in [2.24, 2.45) is 0 Å². The number of nitriles is 1. The second-order valence-electron chi connectivity index (χ2n) is 6.54. The lowest BCUT2D eigenvalue weighted by Gasteiger charge is -2.35. The number of ether oxygens (including phenoxy) is 3. The lowest BCUT2D eigenvalue weighted by molar-refractivity contribution is -0.138. The number of morpholine rings is 1. The molecule has 1 saturated heterocycles. The van der Waals surface area contributed by atoms with Crippen LogP contribution in [0.25, 0.3) is 0 Å². The number of carbonyl (C=O) groups is 1. The first-order chi connectivity index (χ1) is 12.6. The van der Waals surface area contributed by atoms with Crippen molar-refractivity contribution in [1.82, 2.24) is 10.2 Å². The summed E-state index contributed by atoms with van der Waals surface area (Å²) in [4.78, 5) is 14.2. The van der Waals surface area contributed by atoms with E-state index < -0.39 is 0 Å². The SMILES string of the molecule is CC1CN(C(=O)/C(C#N)=C\NCC2COc3ccccc3O2)CC(C)O1. The van der Waals surface area contributed by atoms with Gasteiger partial charge in [-0.1, -0.05) is 12.1 Å². The van der Waals surface area contributed by atoms with Gasteiger partial charge in [0.15, 0.2) is 11.5 Å². The Bertz CT molecular complexity index is 718. The summed E-state index contributed by atoms with van der Waals surface area (Å²) in [5.74, 6) is 1.14. The molecule has 3 atom stereocenters. The predicted molar refractivity (Wildman–Crippen MR) is 94.6 cm³/mol. The summed E-state index contributed by atoms with van der Waals surface area (Å²) in [7, 11) is 0. The molecule has 7 heteroatoms. The van der Waals surface area contributed by atoms with E-state index in [4.69, 9.17) is 14.2 Å². The van der Waals surface area contributed by atoms with Gasteiger partial charge in [-0.05, 0) is 26.0 Å². The molecule has 26 heavy (non-hydrogen) atoms. The second-order valence-corrected chi connectivity index (χ2v) is 6.54. The number of benzene rings is 1. The van der Waals surface area contributed by atoms with Crippen molar-refractivity contribution in [3.05, 3.63) is 36.0 Å². The molecule has 0 aromatic heterocycles. The molecule has 1 fully saturated rings. The molecule has 7 nitrogen and oxygen atoms in total. The summed E-state index contributed by atoms with van der Waals surface area (Å²) >= 11 is 0. The Morgan fingerprint density at radius 1 is 1.31 bits per heavy atom. The second kappa shape index (κ2) is 8.11. The van der Waals surface area contributed by atoms with E-state index in [1.165, 1.54) is 6.20 Å². The van der Waals surface area contributed by atoms with Gasteiger partial charge < -0.3 is 24.4 Å². The van der Waals surface area contributed by atoms with E-state index in [9.17, 15) is 10.1 Å². The van der Waals surface area contributed by atoms with Crippen molar-refractivity contribution in [2.75, 3.05) is 26.2 Å². The summed E-state index contributed by atoms with van der Waals surface area (Å²) in [6, 6.07) is 9.46. The van der Waals surface area contributed by atoms with Crippen LogP contribution in [0.15, 0.2) is 36.0 Å². The third-order valence-corrected chi connectivity index (χ3v) is 4.22. The highest BCUT2D eigenvalue weighted by molar-refractivity contribution is 5.97. The monoisotopic (exact) mass is 357 g/mol. The standard InChI is InChI=1S/C19H23N3O4/c1-13-10-22(11-14(2)25-13)19(23)15(7-20)8-21-9-16-12-24-17-5-3-4-6-18(17)26-16/h3-6,8,13-14,16,21H,9-12H2,1-2H3/b15-8-. The summed E-state index contributed by atoms with van der Waals surface area (Å²) in [6.45, 7) is 5.65. The number of hydrogen-bond acceptors (Lipinski definition) is 6. The molecule has 0 spiro atoms. The van der Waals surface area contributed by atoms with Gasteiger partial charge in [0, 0.05) is 19.3 Å². The van der Waals surface area contributed by atoms with Crippen LogP contribution in [-0.2, 0) is 9.53 Å². The largest absolute Gasteiger partial charge is 0.486 e. The van der Waals surface area contributed by atoms with E-state index in [0.29, 0.717) is 32.0 Å². The van der Waals surface area contributed by atoms with Crippen molar-refractivity contribution in [3.63, 3.8) is 0 Å². The first-order valence-electron chi connectivity index (χ1n) is 8.73. The first kappa shape index (κ1) is 18.1. The smallest absolute Gasteiger partial charge is 0.266 e. The number of hydrogen-bond donors (Lipinski definition) is 1. The van der Waals surface area contributed by atoms with E-state index in [-0.39, 0.29) is 29.8 Å². The Hall–Kier alpha value is -2.72. The number of rotatable bonds is 4. The normalized spacial score (nSPS) is 25.3. The molecule has 0 bridgehead atoms. The van der Waals surface area contributed by atoms with E-state index >= 15 is 0 Å². The minimum atomic E-state index is -0.284. The number of para-hydroxylation sites is 2. The number of carbonyl (C=O) groups excluding carboxylic acids is 1. The third-order valence-electron chi connectivity index (χ3n) is 4.22. The zero-order valence-corrected chi connectivity index (χ0v) is 15.0.